The van der Waals surface area contributed by atoms with Crippen molar-refractivity contribution < 1.29 is 18.0 Å². The minimum absolute atomic E-state index is 0.0427. The van der Waals surface area contributed by atoms with Crippen molar-refractivity contribution in [1.82, 2.24) is 20.3 Å². The van der Waals surface area contributed by atoms with Gasteiger partial charge in [0.05, 0.1) is 34.6 Å². The fourth-order valence-corrected chi connectivity index (χ4v) is 4.95. The van der Waals surface area contributed by atoms with Crippen LogP contribution in [-0.2, 0) is 16.4 Å². The number of hydrogen-bond acceptors (Lipinski definition) is 7. The van der Waals surface area contributed by atoms with E-state index < -0.39 is 28.2 Å². The van der Waals surface area contributed by atoms with E-state index in [-0.39, 0.29) is 24.1 Å². The largest absolute Gasteiger partial charge is 0.421 e. The van der Waals surface area contributed by atoms with Gasteiger partial charge in [0.2, 0.25) is 11.9 Å². The van der Waals surface area contributed by atoms with Gasteiger partial charge in [0.1, 0.15) is 21.4 Å². The number of nitrogens with zero attached hydrogens (tertiary/aromatic N) is 3. The minimum Gasteiger partial charge on any atom is -0.372 e. The molecule has 0 aromatic carbocycles. The lowest BCUT2D eigenvalue weighted by atomic mass is 9.32. The highest BCUT2D eigenvalue weighted by atomic mass is 32.1. The van der Waals surface area contributed by atoms with Gasteiger partial charge < -0.3 is 16.0 Å². The van der Waals surface area contributed by atoms with E-state index in [1.54, 1.807) is 0 Å². The number of carbonyl (C=O) groups is 1. The van der Waals surface area contributed by atoms with E-state index in [9.17, 15) is 18.0 Å². The molecule has 0 bridgehead atoms. The van der Waals surface area contributed by atoms with Crippen LogP contribution in [0.3, 0.4) is 0 Å². The summed E-state index contributed by atoms with van der Waals surface area (Å²) in [4.78, 5) is 25.1. The van der Waals surface area contributed by atoms with Crippen LogP contribution >= 0.6 is 11.3 Å². The number of nitrogens with one attached hydrogen (secondary N) is 3. The Morgan fingerprint density at radius 2 is 1.97 bits per heavy atom. The van der Waals surface area contributed by atoms with Crippen LogP contribution in [0, 0.1) is 0 Å². The molecule has 2 aliphatic rings. The van der Waals surface area contributed by atoms with Crippen LogP contribution in [0.15, 0.2) is 6.20 Å². The van der Waals surface area contributed by atoms with Crippen molar-refractivity contribution >= 4 is 57.6 Å². The molecule has 7 nitrogen and oxygen atoms in total. The second-order valence-electron chi connectivity index (χ2n) is 7.68. The number of halogens is 3. The zero-order valence-electron chi connectivity index (χ0n) is 16.5. The molecule has 3 N–H and O–H groups in total. The van der Waals surface area contributed by atoms with E-state index in [4.69, 9.17) is 23.5 Å². The molecule has 1 saturated heterocycles. The monoisotopic (exact) mass is 442 g/mol. The first-order valence-corrected chi connectivity index (χ1v) is 10.3. The van der Waals surface area contributed by atoms with Gasteiger partial charge in [-0.3, -0.25) is 4.79 Å². The molecule has 156 valence electrons. The van der Waals surface area contributed by atoms with Crippen LogP contribution in [0.4, 0.5) is 29.9 Å². The number of aromatic nitrogens is 3. The van der Waals surface area contributed by atoms with Crippen molar-refractivity contribution in [1.29, 1.82) is 0 Å². The van der Waals surface area contributed by atoms with Crippen LogP contribution in [0.2, 0.25) is 5.11 Å². The highest BCUT2D eigenvalue weighted by molar-refractivity contribution is 7.16. The maximum Gasteiger partial charge on any atom is 0.421 e. The third kappa shape index (κ3) is 3.79. The predicted molar refractivity (Wildman–Crippen MR) is 113 cm³/mol. The van der Waals surface area contributed by atoms with Gasteiger partial charge in [0.15, 0.2) is 0 Å². The van der Waals surface area contributed by atoms with E-state index in [0.29, 0.717) is 28.4 Å². The van der Waals surface area contributed by atoms with Crippen LogP contribution in [0.25, 0.3) is 0 Å². The highest BCUT2D eigenvalue weighted by Crippen LogP contribution is 2.52. The van der Waals surface area contributed by atoms with Crippen molar-refractivity contribution in [2.45, 2.75) is 41.9 Å². The Hall–Kier alpha value is -2.24. The van der Waals surface area contributed by atoms with Gasteiger partial charge in [-0.1, -0.05) is 11.3 Å². The first kappa shape index (κ1) is 22.0. The molecular formula is C17H16B3F3N6OS. The van der Waals surface area contributed by atoms with Crippen LogP contribution < -0.4 is 16.0 Å². The highest BCUT2D eigenvalue weighted by Gasteiger charge is 2.54. The van der Waals surface area contributed by atoms with Gasteiger partial charge in [-0.2, -0.15) is 18.2 Å². The fourth-order valence-electron chi connectivity index (χ4n) is 3.61. The van der Waals surface area contributed by atoms with Gasteiger partial charge >= 0.3 is 6.18 Å². The predicted octanol–water partition coefficient (Wildman–Crippen LogP) is 1.95. The Balaban J connectivity index is 1.74. The maximum absolute atomic E-state index is 13.1. The number of hydrogen-bond donors (Lipinski definition) is 3. The smallest absolute Gasteiger partial charge is 0.372 e. The summed E-state index contributed by atoms with van der Waals surface area (Å²) in [5, 5.41) is 7.09. The average Bonchev–Trinajstić information content (AvgIpc) is 3.31. The molecule has 4 rings (SSSR count). The zero-order chi connectivity index (χ0) is 22.6. The van der Waals surface area contributed by atoms with Crippen molar-refractivity contribution in [2.75, 3.05) is 24.2 Å². The van der Waals surface area contributed by atoms with E-state index in [0.717, 1.165) is 24.2 Å². The van der Waals surface area contributed by atoms with Crippen LogP contribution in [0.1, 0.15) is 41.4 Å². The molecule has 1 saturated carbocycles. The average molecular weight is 442 g/mol. The van der Waals surface area contributed by atoms with Crippen LogP contribution in [0.5, 0.6) is 0 Å². The number of rotatable bonds is 6. The van der Waals surface area contributed by atoms with E-state index >= 15 is 0 Å². The summed E-state index contributed by atoms with van der Waals surface area (Å²) in [6.07, 6.45) is -1.83. The molecule has 0 spiro atoms. The topological polar surface area (TPSA) is 91.8 Å². The lowest BCUT2D eigenvalue weighted by Gasteiger charge is -2.39. The summed E-state index contributed by atoms with van der Waals surface area (Å²) >= 11 is 1.13. The van der Waals surface area contributed by atoms with E-state index in [1.807, 2.05) is 0 Å². The zero-order valence-corrected chi connectivity index (χ0v) is 17.3. The molecule has 2 fully saturated rings. The molecular weight excluding hydrogens is 426 g/mol. The summed E-state index contributed by atoms with van der Waals surface area (Å²) < 4.78 is 39.4. The van der Waals surface area contributed by atoms with Gasteiger partial charge in [-0.25, -0.2) is 9.97 Å². The normalized spacial score (nSPS) is 21.7. The van der Waals surface area contributed by atoms with E-state index in [2.05, 4.69) is 30.9 Å². The standard InChI is InChI=1S/C17H16B3F3N6OS/c1-24-10-8(16(21,22)23)6-26-14(28-10)29-11-9(7-2-3-7)27-13(31-11)15(17(18,19)20)4-5-25-12(15)30/h6-7H,2-5H2,1H3,(H,25,30)(H2,24,26,28,29). The lowest BCUT2D eigenvalue weighted by Crippen LogP contribution is -2.47. The number of thiazole rings is 1. The van der Waals surface area contributed by atoms with Crippen molar-refractivity contribution in [3.63, 3.8) is 0 Å². The molecule has 6 radical (unpaired) electrons. The van der Waals surface area contributed by atoms with Gasteiger partial charge in [-0.15, -0.1) is 5.11 Å². The Bertz CT molecular complexity index is 1020. The molecule has 14 heteroatoms. The van der Waals surface area contributed by atoms with Gasteiger partial charge in [-0.05, 0) is 19.3 Å². The molecule has 2 aromatic rings. The van der Waals surface area contributed by atoms with Gasteiger partial charge in [0.25, 0.3) is 0 Å². The number of anilines is 3. The molecule has 1 aliphatic carbocycles. The lowest BCUT2D eigenvalue weighted by molar-refractivity contribution is -0.137. The fraction of sp³-hybridized carbons (Fsp3) is 0.529. The maximum atomic E-state index is 13.1. The Labute approximate surface area is 184 Å². The summed E-state index contributed by atoms with van der Waals surface area (Å²) in [5.41, 5.74) is -1.73. The molecule has 1 atom stereocenters. The number of amides is 1. The van der Waals surface area contributed by atoms with Crippen molar-refractivity contribution in [3.8, 4) is 0 Å². The third-order valence-corrected chi connectivity index (χ3v) is 6.60. The van der Waals surface area contributed by atoms with Gasteiger partial charge in [0, 0.05) is 25.7 Å². The summed E-state index contributed by atoms with van der Waals surface area (Å²) in [6.45, 7) is 0.348. The third-order valence-electron chi connectivity index (χ3n) is 5.45. The second-order valence-corrected chi connectivity index (χ2v) is 8.68. The van der Waals surface area contributed by atoms with Crippen LogP contribution in [-0.4, -0.2) is 58.0 Å². The summed E-state index contributed by atoms with van der Waals surface area (Å²) in [5.74, 6) is -0.668. The summed E-state index contributed by atoms with van der Waals surface area (Å²) in [6, 6.07) is 0. The molecule has 31 heavy (non-hydrogen) atoms. The number of alkyl halides is 3. The van der Waals surface area contributed by atoms with Crippen molar-refractivity contribution in [2.24, 2.45) is 0 Å². The van der Waals surface area contributed by atoms with E-state index in [1.165, 1.54) is 7.05 Å². The Morgan fingerprint density at radius 1 is 1.26 bits per heavy atom. The molecule has 3 heterocycles. The minimum atomic E-state index is -4.59. The Kier molecular flexibility index (Phi) is 5.26. The molecule has 2 aromatic heterocycles. The van der Waals surface area contributed by atoms with Crippen molar-refractivity contribution in [3.05, 3.63) is 22.5 Å². The first-order valence-electron chi connectivity index (χ1n) is 9.52. The second kappa shape index (κ2) is 7.42. The molecule has 1 unspecified atom stereocenters. The SMILES string of the molecule is [B]C([B])([B])C1(c2nc(C3CC3)c(Nc3ncc(C(F)(F)F)c(NC)n3)s2)CCNC1=O. The first-order chi connectivity index (χ1) is 14.5. The molecule has 1 aliphatic heterocycles. The summed E-state index contributed by atoms with van der Waals surface area (Å²) in [7, 11) is 19.3. The quantitative estimate of drug-likeness (QED) is 0.593. The molecule has 1 amide bonds. The number of carbonyl (C=O) groups excluding carboxylic acids is 1. The Morgan fingerprint density at radius 3 is 2.48 bits per heavy atom.